The molecule has 2 aliphatic carbocycles. The summed E-state index contributed by atoms with van der Waals surface area (Å²) in [4.78, 5) is 4.26. The van der Waals surface area contributed by atoms with E-state index in [0.717, 1.165) is 36.2 Å². The summed E-state index contributed by atoms with van der Waals surface area (Å²) in [5.41, 5.74) is 7.53. The first kappa shape index (κ1) is 12.0. The number of pyridine rings is 1. The molecule has 3 atom stereocenters. The Hall–Kier alpha value is -1.09. The monoisotopic (exact) mass is 246 g/mol. The normalized spacial score (nSPS) is 30.9. The molecule has 0 aromatic carbocycles. The molecule has 3 heteroatoms. The van der Waals surface area contributed by atoms with Gasteiger partial charge in [0.15, 0.2) is 0 Å². The van der Waals surface area contributed by atoms with Crippen molar-refractivity contribution in [3.63, 3.8) is 0 Å². The van der Waals surface area contributed by atoms with Gasteiger partial charge in [-0.05, 0) is 48.6 Å². The average molecular weight is 246 g/mol. The Labute approximate surface area is 109 Å². The number of aromatic nitrogens is 1. The van der Waals surface area contributed by atoms with Crippen molar-refractivity contribution in [3.05, 3.63) is 24.0 Å². The van der Waals surface area contributed by atoms with Crippen LogP contribution in [-0.4, -0.2) is 11.6 Å². The summed E-state index contributed by atoms with van der Waals surface area (Å²) in [6.07, 6.45) is 8.85. The standard InChI is InChI=1S/C15H22N2O/c1-2-6-18-11-7-10(8-17-9-11)15(16)14-12-4-3-5-13(12)14/h7-9,12-15H,2-6,16H2,1H3. The molecule has 18 heavy (non-hydrogen) atoms. The SMILES string of the molecule is CCCOc1cncc(C(N)C2C3CCCC32)c1. The van der Waals surface area contributed by atoms with E-state index in [1.54, 1.807) is 6.20 Å². The lowest BCUT2D eigenvalue weighted by atomic mass is 9.99. The van der Waals surface area contributed by atoms with E-state index in [1.165, 1.54) is 19.3 Å². The van der Waals surface area contributed by atoms with Crippen LogP contribution in [0.25, 0.3) is 0 Å². The highest BCUT2D eigenvalue weighted by Gasteiger charge is 2.55. The number of nitrogens with zero attached hydrogens (tertiary/aromatic N) is 1. The van der Waals surface area contributed by atoms with Crippen LogP contribution in [0.15, 0.2) is 18.5 Å². The van der Waals surface area contributed by atoms with Crippen molar-refractivity contribution in [1.82, 2.24) is 4.98 Å². The van der Waals surface area contributed by atoms with Crippen molar-refractivity contribution in [1.29, 1.82) is 0 Å². The fourth-order valence-electron chi connectivity index (χ4n) is 3.55. The molecule has 0 saturated heterocycles. The van der Waals surface area contributed by atoms with Crippen LogP contribution < -0.4 is 10.5 Å². The second-order valence-corrected chi connectivity index (χ2v) is 5.66. The largest absolute Gasteiger partial charge is 0.492 e. The van der Waals surface area contributed by atoms with Gasteiger partial charge in [0.05, 0.1) is 12.8 Å². The lowest BCUT2D eigenvalue weighted by Crippen LogP contribution is -2.16. The zero-order valence-corrected chi connectivity index (χ0v) is 11.0. The first-order valence-electron chi connectivity index (χ1n) is 7.14. The fourth-order valence-corrected chi connectivity index (χ4v) is 3.55. The van der Waals surface area contributed by atoms with Crippen LogP contribution in [0.3, 0.4) is 0 Å². The van der Waals surface area contributed by atoms with Crippen molar-refractivity contribution >= 4 is 0 Å². The van der Waals surface area contributed by atoms with E-state index in [0.29, 0.717) is 5.92 Å². The van der Waals surface area contributed by atoms with Crippen LogP contribution >= 0.6 is 0 Å². The van der Waals surface area contributed by atoms with E-state index >= 15 is 0 Å². The summed E-state index contributed by atoms with van der Waals surface area (Å²) in [7, 11) is 0. The second-order valence-electron chi connectivity index (χ2n) is 5.66. The van der Waals surface area contributed by atoms with Gasteiger partial charge in [0.25, 0.3) is 0 Å². The van der Waals surface area contributed by atoms with Gasteiger partial charge in [0.2, 0.25) is 0 Å². The number of hydrogen-bond acceptors (Lipinski definition) is 3. The highest BCUT2D eigenvalue weighted by atomic mass is 16.5. The molecule has 3 nitrogen and oxygen atoms in total. The van der Waals surface area contributed by atoms with Gasteiger partial charge in [0.1, 0.15) is 5.75 Å². The van der Waals surface area contributed by atoms with Crippen LogP contribution in [0.5, 0.6) is 5.75 Å². The second kappa shape index (κ2) is 4.88. The molecule has 0 aliphatic heterocycles. The van der Waals surface area contributed by atoms with E-state index in [4.69, 9.17) is 10.5 Å². The molecule has 2 saturated carbocycles. The maximum atomic E-state index is 6.39. The van der Waals surface area contributed by atoms with E-state index in [1.807, 2.05) is 6.20 Å². The predicted octanol–water partition coefficient (Wildman–Crippen LogP) is 2.92. The maximum Gasteiger partial charge on any atom is 0.137 e. The first-order valence-corrected chi connectivity index (χ1v) is 7.14. The van der Waals surface area contributed by atoms with Gasteiger partial charge >= 0.3 is 0 Å². The molecule has 1 aromatic heterocycles. The summed E-state index contributed by atoms with van der Waals surface area (Å²) in [5, 5.41) is 0. The number of nitrogens with two attached hydrogens (primary N) is 1. The number of ether oxygens (including phenoxy) is 1. The summed E-state index contributed by atoms with van der Waals surface area (Å²) < 4.78 is 5.62. The molecule has 0 amide bonds. The molecule has 2 aliphatic rings. The smallest absolute Gasteiger partial charge is 0.137 e. The van der Waals surface area contributed by atoms with Crippen molar-refractivity contribution < 1.29 is 4.74 Å². The molecule has 3 unspecified atom stereocenters. The molecule has 2 fully saturated rings. The van der Waals surface area contributed by atoms with Gasteiger partial charge in [0, 0.05) is 12.2 Å². The predicted molar refractivity (Wildman–Crippen MR) is 71.3 cm³/mol. The maximum absolute atomic E-state index is 6.39. The minimum Gasteiger partial charge on any atom is -0.492 e. The molecule has 1 aromatic rings. The molecule has 0 bridgehead atoms. The topological polar surface area (TPSA) is 48.1 Å². The van der Waals surface area contributed by atoms with Crippen molar-refractivity contribution in [2.24, 2.45) is 23.5 Å². The molecule has 98 valence electrons. The van der Waals surface area contributed by atoms with Crippen LogP contribution in [0.2, 0.25) is 0 Å². The Bertz CT molecular complexity index is 411. The van der Waals surface area contributed by atoms with Crippen LogP contribution in [0.4, 0.5) is 0 Å². The molecule has 0 radical (unpaired) electrons. The van der Waals surface area contributed by atoms with Crippen LogP contribution in [0.1, 0.15) is 44.2 Å². The highest BCUT2D eigenvalue weighted by molar-refractivity contribution is 5.28. The van der Waals surface area contributed by atoms with Gasteiger partial charge in [-0.1, -0.05) is 13.3 Å². The van der Waals surface area contributed by atoms with E-state index < -0.39 is 0 Å². The molecule has 3 rings (SSSR count). The number of rotatable bonds is 5. The minimum atomic E-state index is 0.151. The van der Waals surface area contributed by atoms with Crippen molar-refractivity contribution in [2.45, 2.75) is 38.6 Å². The van der Waals surface area contributed by atoms with Gasteiger partial charge in [-0.15, -0.1) is 0 Å². The molecule has 2 N–H and O–H groups in total. The molecule has 0 spiro atoms. The Kier molecular flexibility index (Phi) is 3.25. The zero-order chi connectivity index (χ0) is 12.5. The third-order valence-corrected chi connectivity index (χ3v) is 4.48. The number of hydrogen-bond donors (Lipinski definition) is 1. The van der Waals surface area contributed by atoms with Crippen LogP contribution in [0, 0.1) is 17.8 Å². The minimum absolute atomic E-state index is 0.151. The molecular formula is C15H22N2O. The number of fused-ring (bicyclic) bond motifs is 1. The highest BCUT2D eigenvalue weighted by Crippen LogP contribution is 2.61. The van der Waals surface area contributed by atoms with Gasteiger partial charge in [-0.3, -0.25) is 4.98 Å². The summed E-state index contributed by atoms with van der Waals surface area (Å²) >= 11 is 0. The van der Waals surface area contributed by atoms with Gasteiger partial charge < -0.3 is 10.5 Å². The third-order valence-electron chi connectivity index (χ3n) is 4.48. The van der Waals surface area contributed by atoms with E-state index in [-0.39, 0.29) is 6.04 Å². The van der Waals surface area contributed by atoms with Gasteiger partial charge in [-0.25, -0.2) is 0 Å². The molecule has 1 heterocycles. The Morgan fingerprint density at radius 2 is 2.17 bits per heavy atom. The lowest BCUT2D eigenvalue weighted by Gasteiger charge is -2.15. The van der Waals surface area contributed by atoms with E-state index in [2.05, 4.69) is 18.0 Å². The summed E-state index contributed by atoms with van der Waals surface area (Å²) in [6, 6.07) is 2.22. The summed E-state index contributed by atoms with van der Waals surface area (Å²) in [5.74, 6) is 3.33. The molecular weight excluding hydrogens is 224 g/mol. The quantitative estimate of drug-likeness (QED) is 0.869. The van der Waals surface area contributed by atoms with Crippen molar-refractivity contribution in [3.8, 4) is 5.75 Å². The fraction of sp³-hybridized carbons (Fsp3) is 0.667. The Balaban J connectivity index is 1.68. The Morgan fingerprint density at radius 3 is 2.89 bits per heavy atom. The van der Waals surface area contributed by atoms with Gasteiger partial charge in [-0.2, -0.15) is 0 Å². The van der Waals surface area contributed by atoms with E-state index in [9.17, 15) is 0 Å². The Morgan fingerprint density at radius 1 is 1.39 bits per heavy atom. The third kappa shape index (κ3) is 2.12. The lowest BCUT2D eigenvalue weighted by molar-refractivity contribution is 0.315. The van der Waals surface area contributed by atoms with Crippen LogP contribution in [-0.2, 0) is 0 Å². The first-order chi connectivity index (χ1) is 8.81. The zero-order valence-electron chi connectivity index (χ0n) is 11.0. The van der Waals surface area contributed by atoms with Crippen molar-refractivity contribution in [2.75, 3.05) is 6.61 Å². The summed E-state index contributed by atoms with van der Waals surface area (Å²) in [6.45, 7) is 2.85. The average Bonchev–Trinajstić information content (AvgIpc) is 2.88.